The van der Waals surface area contributed by atoms with E-state index in [0.29, 0.717) is 18.0 Å². The van der Waals surface area contributed by atoms with Crippen LogP contribution in [0.15, 0.2) is 48.5 Å². The van der Waals surface area contributed by atoms with Crippen LogP contribution in [0.1, 0.15) is 70.2 Å². The van der Waals surface area contributed by atoms with Crippen molar-refractivity contribution in [2.45, 2.75) is 72.6 Å². The Bertz CT molecular complexity index is 1220. The van der Waals surface area contributed by atoms with Gasteiger partial charge in [0.15, 0.2) is 0 Å². The standard InChI is InChI=1S/C32H43NO3.2CH3.Hf/c1-21-17-24(29(34)25(18-21)31(3,4)5)23-13-10-11-14-27(23)33(15-12-16-36-9)28-20-22(2)19-26(30(28)35)32(6,7)8;;;/h10-11,13-14,17-20,34-35H,12,15-16H2,1-9H3;2*1H3;/q;2*-1;/p+1. The molecule has 0 heterocycles. The Kier molecular flexibility index (Phi) is 13.7. The third kappa shape index (κ3) is 8.44. The number of anilines is 2. The van der Waals surface area contributed by atoms with Crippen LogP contribution in [0.4, 0.5) is 11.4 Å². The van der Waals surface area contributed by atoms with Gasteiger partial charge in [-0.1, -0.05) is 71.9 Å². The number of aromatic hydroxyl groups is 2. The molecule has 0 aliphatic heterocycles. The van der Waals surface area contributed by atoms with Crippen LogP contribution in [0, 0.1) is 28.7 Å². The molecule has 0 amide bonds. The summed E-state index contributed by atoms with van der Waals surface area (Å²) in [5.41, 5.74) is 7.15. The van der Waals surface area contributed by atoms with Gasteiger partial charge in [-0.25, -0.2) is 0 Å². The summed E-state index contributed by atoms with van der Waals surface area (Å²) in [6, 6.07) is 16.4. The van der Waals surface area contributed by atoms with Crippen molar-refractivity contribution in [1.29, 1.82) is 0 Å². The summed E-state index contributed by atoms with van der Waals surface area (Å²) in [7, 11) is 1.83. The van der Waals surface area contributed by atoms with Gasteiger partial charge in [0.1, 0.15) is 25.2 Å². The first-order valence-electron chi connectivity index (χ1n) is 12.9. The zero-order chi connectivity index (χ0) is 26.8. The molecule has 0 aromatic heterocycles. The number of ether oxygens (including phenoxy) is 1. The molecule has 0 radical (unpaired) electrons. The van der Waals surface area contributed by atoms with Crippen LogP contribution >= 0.6 is 0 Å². The van der Waals surface area contributed by atoms with Crippen LogP contribution in [0.3, 0.4) is 0 Å². The normalized spacial score (nSPS) is 11.2. The third-order valence-corrected chi connectivity index (χ3v) is 6.64. The number of benzene rings is 3. The molecule has 4 nitrogen and oxygen atoms in total. The van der Waals surface area contributed by atoms with Crippen LogP contribution in [-0.2, 0) is 36.7 Å². The fraction of sp³-hybridized carbons (Fsp3) is 0.412. The molecule has 0 spiro atoms. The molecule has 0 atom stereocenters. The van der Waals surface area contributed by atoms with Crippen molar-refractivity contribution in [2.75, 3.05) is 25.2 Å². The third-order valence-electron chi connectivity index (χ3n) is 6.64. The van der Waals surface area contributed by atoms with Crippen LogP contribution in [-0.4, -0.2) is 35.2 Å². The summed E-state index contributed by atoms with van der Waals surface area (Å²) in [5.74, 6) is 0.619. The van der Waals surface area contributed by atoms with E-state index >= 15 is 0 Å². The second-order valence-electron chi connectivity index (χ2n) is 12.0. The summed E-state index contributed by atoms with van der Waals surface area (Å²) >= 11 is 0. The number of para-hydroxylation sites is 1. The van der Waals surface area contributed by atoms with Crippen LogP contribution < -0.4 is 4.90 Å². The monoisotopic (exact) mass is 700 g/mol. The number of hydrogen-bond acceptors (Lipinski definition) is 3. The first-order chi connectivity index (χ1) is 16.8. The van der Waals surface area contributed by atoms with Crippen molar-refractivity contribution < 1.29 is 40.8 Å². The Morgan fingerprint density at radius 3 is 1.77 bits per heavy atom. The van der Waals surface area contributed by atoms with Gasteiger partial charge in [-0.05, 0) is 54.0 Å². The van der Waals surface area contributed by atoms with E-state index in [2.05, 4.69) is 101 Å². The number of aliphatic hydroxyl groups is 2. The van der Waals surface area contributed by atoms with Crippen molar-refractivity contribution in [3.05, 3.63) is 85.6 Å². The van der Waals surface area contributed by atoms with E-state index in [1.165, 1.54) is 0 Å². The Balaban J connectivity index is 0.00000481. The van der Waals surface area contributed by atoms with E-state index in [0.717, 1.165) is 57.8 Å². The number of rotatable bonds is 7. The van der Waals surface area contributed by atoms with Crippen molar-refractivity contribution in [3.63, 3.8) is 0 Å². The number of phenols is 2. The Labute approximate surface area is 257 Å². The molecule has 0 saturated heterocycles. The summed E-state index contributed by atoms with van der Waals surface area (Å²) < 4.78 is 4.31. The maximum atomic E-state index is 11.5. The van der Waals surface area contributed by atoms with Crippen molar-refractivity contribution >= 4 is 11.4 Å². The van der Waals surface area contributed by atoms with Gasteiger partial charge in [0.25, 0.3) is 0 Å². The van der Waals surface area contributed by atoms with Crippen molar-refractivity contribution in [1.82, 2.24) is 0 Å². The minimum absolute atomic E-state index is 0. The Hall–Kier alpha value is -2.11. The predicted octanol–water partition coefficient (Wildman–Crippen LogP) is 8.56. The maximum absolute atomic E-state index is 11.5. The van der Waals surface area contributed by atoms with Gasteiger partial charge < -0.3 is 34.7 Å². The summed E-state index contributed by atoms with van der Waals surface area (Å²) in [5, 5.41) is 23.0. The number of hydrogen-bond donors (Lipinski definition) is 2. The minimum atomic E-state index is -0.203. The van der Waals surface area contributed by atoms with Gasteiger partial charge in [0.05, 0.1) is 5.69 Å². The van der Waals surface area contributed by atoms with Gasteiger partial charge in [0.2, 0.25) is 0 Å². The van der Waals surface area contributed by atoms with E-state index < -0.39 is 0 Å². The zero-order valence-electron chi connectivity index (χ0n) is 26.0. The molecule has 3 N–H and O–H groups in total. The summed E-state index contributed by atoms with van der Waals surface area (Å²) in [6.45, 7) is 18.3. The molecule has 0 saturated carbocycles. The molecule has 0 aliphatic rings. The Morgan fingerprint density at radius 2 is 1.23 bits per heavy atom. The van der Waals surface area contributed by atoms with Gasteiger partial charge in [-0.2, -0.15) is 0 Å². The average molecular weight is 699 g/mol. The van der Waals surface area contributed by atoms with E-state index in [4.69, 9.17) is 0 Å². The van der Waals surface area contributed by atoms with Gasteiger partial charge >= 0.3 is 0 Å². The Morgan fingerprint density at radius 1 is 0.718 bits per heavy atom. The van der Waals surface area contributed by atoms with Gasteiger partial charge in [0, 0.05) is 66.8 Å². The predicted molar refractivity (Wildman–Crippen MR) is 166 cm³/mol. The average Bonchev–Trinajstić information content (AvgIpc) is 2.78. The van der Waals surface area contributed by atoms with Crippen LogP contribution in [0.2, 0.25) is 0 Å². The molecule has 39 heavy (non-hydrogen) atoms. The summed E-state index contributed by atoms with van der Waals surface area (Å²) in [6.07, 6.45) is 0.843. The van der Waals surface area contributed by atoms with E-state index in [1.54, 1.807) is 0 Å². The fourth-order valence-corrected chi connectivity index (χ4v) is 4.79. The number of aryl methyl sites for hydroxylation is 2. The van der Waals surface area contributed by atoms with Gasteiger partial charge in [-0.3, -0.25) is 0 Å². The molecule has 3 aromatic carbocycles. The van der Waals surface area contributed by atoms with Crippen molar-refractivity contribution in [2.24, 2.45) is 0 Å². The quantitative estimate of drug-likeness (QED) is 0.113. The first-order valence-corrected chi connectivity index (χ1v) is 12.9. The molecule has 3 rings (SSSR count). The molecular formula is C34H50HfNO3-. The maximum Gasteiger partial charge on any atom is 0.146 e. The number of phenolic OH excluding ortho intramolecular Hbond substituents is 2. The molecule has 0 aliphatic carbocycles. The second-order valence-corrected chi connectivity index (χ2v) is 12.0. The van der Waals surface area contributed by atoms with E-state index in [-0.39, 0.29) is 51.5 Å². The topological polar surface area (TPSA) is 56.5 Å². The number of nitrogens with zero attached hydrogens (tertiary/aromatic N) is 1. The first kappa shape index (κ1) is 36.9. The fourth-order valence-electron chi connectivity index (χ4n) is 4.79. The molecule has 0 unspecified atom stereocenters. The summed E-state index contributed by atoms with van der Waals surface area (Å²) in [4.78, 5) is 2.19. The largest absolute Gasteiger partial charge is 0.507 e. The molecule has 0 fully saturated rings. The molecular weight excluding hydrogens is 649 g/mol. The van der Waals surface area contributed by atoms with E-state index in [1.807, 2.05) is 19.2 Å². The second kappa shape index (κ2) is 14.5. The molecule has 3 aromatic rings. The smallest absolute Gasteiger partial charge is 0.146 e. The molecule has 0 bridgehead atoms. The van der Waals surface area contributed by atoms with Crippen molar-refractivity contribution in [3.8, 4) is 22.6 Å². The van der Waals surface area contributed by atoms with Crippen LogP contribution in [0.5, 0.6) is 11.5 Å². The van der Waals surface area contributed by atoms with Crippen LogP contribution in [0.25, 0.3) is 11.1 Å². The SMILES string of the molecule is C[OH+]CCCN(c1ccccc1-c1cc(C)cc(C(C)(C)C)c1O)c1cc(C)cc(C(C)(C)C)c1O.[CH3-].[CH3-].[Hf]. The minimum Gasteiger partial charge on any atom is -0.507 e. The zero-order valence-corrected chi connectivity index (χ0v) is 29.6. The van der Waals surface area contributed by atoms with Gasteiger partial charge in [-0.15, -0.1) is 0 Å². The molecule has 214 valence electrons. The van der Waals surface area contributed by atoms with E-state index in [9.17, 15) is 10.2 Å². The molecule has 5 heteroatoms.